The number of phosphoric ester groups is 1. The third-order valence-corrected chi connectivity index (χ3v) is 12.3. The summed E-state index contributed by atoms with van der Waals surface area (Å²) in [5.74, 6) is -0.474. The lowest BCUT2D eigenvalue weighted by molar-refractivity contribution is -0.114. The van der Waals surface area contributed by atoms with Crippen LogP contribution in [0.4, 0.5) is 5.82 Å². The Morgan fingerprint density at radius 3 is 2.44 bits per heavy atom. The predicted molar refractivity (Wildman–Crippen MR) is 161 cm³/mol. The summed E-state index contributed by atoms with van der Waals surface area (Å²) >= 11 is 0. The summed E-state index contributed by atoms with van der Waals surface area (Å²) in [6.07, 6.45) is -2.75. The van der Waals surface area contributed by atoms with Crippen LogP contribution in [0.1, 0.15) is 54.6 Å². The van der Waals surface area contributed by atoms with Gasteiger partial charge in [-0.05, 0) is 24.6 Å². The number of benzene rings is 1. The van der Waals surface area contributed by atoms with Crippen molar-refractivity contribution in [1.29, 1.82) is 0 Å². The van der Waals surface area contributed by atoms with E-state index in [1.54, 1.807) is 45.9 Å². The van der Waals surface area contributed by atoms with E-state index < -0.39 is 66.1 Å². The Morgan fingerprint density at radius 2 is 1.82 bits per heavy atom. The molecule has 6 atom stereocenters. The van der Waals surface area contributed by atoms with E-state index in [1.807, 2.05) is 13.8 Å². The summed E-state index contributed by atoms with van der Waals surface area (Å²) in [4.78, 5) is 77.9. The van der Waals surface area contributed by atoms with Gasteiger partial charge in [0, 0.05) is 30.5 Å². The molecule has 250 valence electrons. The number of ether oxygens (including phenoxy) is 2. The predicted octanol–water partition coefficient (Wildman–Crippen LogP) is 3.52. The van der Waals surface area contributed by atoms with E-state index in [0.717, 1.165) is 10.3 Å². The summed E-state index contributed by atoms with van der Waals surface area (Å²) in [6.45, 7) is 4.17. The number of nitrogens with zero attached hydrogens (tertiary/aromatic N) is 2. The lowest BCUT2D eigenvalue weighted by Crippen LogP contribution is -2.31. The van der Waals surface area contributed by atoms with Gasteiger partial charge >= 0.3 is 35.1 Å². The lowest BCUT2D eigenvalue weighted by Gasteiger charge is -2.22. The molecule has 18 nitrogen and oxygen atoms in total. The molecule has 0 bridgehead atoms. The molecule has 1 aliphatic rings. The second-order valence-corrected chi connectivity index (χ2v) is 16.5. The molecule has 1 aliphatic heterocycles. The molecule has 0 spiro atoms. The zero-order valence-electron chi connectivity index (χ0n) is 23.7. The molecule has 45 heavy (non-hydrogen) atoms. The number of carbonyl (C=O) groups excluding carboxylic acids is 2. The number of aromatic nitrogens is 2. The van der Waals surface area contributed by atoms with Gasteiger partial charge in [-0.15, -0.1) is 0 Å². The maximum Gasteiger partial charge on any atom is 0.490 e. The molecule has 1 amide bonds. The highest BCUT2D eigenvalue weighted by Gasteiger charge is 2.44. The van der Waals surface area contributed by atoms with Crippen molar-refractivity contribution in [2.24, 2.45) is 0 Å². The van der Waals surface area contributed by atoms with Crippen LogP contribution in [0.3, 0.4) is 0 Å². The summed E-state index contributed by atoms with van der Waals surface area (Å²) in [6, 6.07) is 8.00. The van der Waals surface area contributed by atoms with Gasteiger partial charge in [0.1, 0.15) is 24.3 Å². The quantitative estimate of drug-likeness (QED) is 0.0996. The van der Waals surface area contributed by atoms with Gasteiger partial charge in [-0.2, -0.15) is 13.6 Å². The van der Waals surface area contributed by atoms with Crippen LogP contribution in [0.25, 0.3) is 0 Å². The molecule has 2 aromatic rings. The third-order valence-electron chi connectivity index (χ3n) is 5.65. The van der Waals surface area contributed by atoms with Crippen LogP contribution in [0.2, 0.25) is 0 Å². The largest absolute Gasteiger partial charge is 0.490 e. The zero-order chi connectivity index (χ0) is 33.6. The van der Waals surface area contributed by atoms with E-state index in [0.29, 0.717) is 5.56 Å². The minimum Gasteiger partial charge on any atom is -0.456 e. The van der Waals surface area contributed by atoms with Crippen LogP contribution in [-0.4, -0.2) is 65.6 Å². The molecule has 0 saturated carbocycles. The number of nitrogens with one attached hydrogen (secondary N) is 1. The number of hydrogen-bond acceptors (Lipinski definition) is 14. The molecule has 2 heterocycles. The number of carbonyl (C=O) groups is 2. The molecule has 23 heteroatoms. The van der Waals surface area contributed by atoms with E-state index in [1.165, 1.54) is 19.2 Å². The molecule has 0 radical (unpaired) electrons. The van der Waals surface area contributed by atoms with E-state index >= 15 is 0 Å². The standard InChI is InChI=1S/C22H30N3O15P3S2/c1-4-44-45-13(2)15-7-5-6-8-16(15)21(27)38-17-11-20(25-10-9-19(23-14(3)26)24-22(25)28)37-18(17)12-36-42(32,33)40-43(34,35)39-41(29,30)31/h5-10,13,17-18,20H,4,11-12H2,1-3H3,(H,32,33)(H,34,35)(H2,29,30,31)(H,23,24,26,28)/t13?,17?,18-,20-/m1/s1. The second kappa shape index (κ2) is 15.8. The fourth-order valence-corrected chi connectivity index (χ4v) is 8.97. The van der Waals surface area contributed by atoms with E-state index in [-0.39, 0.29) is 23.1 Å². The summed E-state index contributed by atoms with van der Waals surface area (Å²) in [7, 11) is -13.8. The first-order valence-electron chi connectivity index (χ1n) is 12.8. The van der Waals surface area contributed by atoms with Gasteiger partial charge < -0.3 is 34.4 Å². The van der Waals surface area contributed by atoms with Crippen LogP contribution in [0.5, 0.6) is 0 Å². The fraction of sp³-hybridized carbons (Fsp3) is 0.455. The van der Waals surface area contributed by atoms with E-state index in [4.69, 9.17) is 23.8 Å². The summed E-state index contributed by atoms with van der Waals surface area (Å²) in [5.41, 5.74) is 0.0278. The highest BCUT2D eigenvalue weighted by Crippen LogP contribution is 2.66. The number of rotatable bonds is 15. The van der Waals surface area contributed by atoms with Crippen molar-refractivity contribution >= 4 is 62.8 Å². The molecule has 1 fully saturated rings. The molecule has 4 unspecified atom stereocenters. The normalized spacial score (nSPS) is 21.8. The van der Waals surface area contributed by atoms with Crippen LogP contribution in [0.15, 0.2) is 41.3 Å². The Bertz CT molecular complexity index is 1590. The molecule has 0 aliphatic carbocycles. The van der Waals surface area contributed by atoms with Crippen LogP contribution in [-0.2, 0) is 41.1 Å². The molecule has 1 saturated heterocycles. The van der Waals surface area contributed by atoms with Crippen molar-refractivity contribution in [1.82, 2.24) is 9.55 Å². The van der Waals surface area contributed by atoms with Gasteiger partial charge in [0.15, 0.2) is 0 Å². The van der Waals surface area contributed by atoms with E-state index in [2.05, 4.69) is 18.9 Å². The van der Waals surface area contributed by atoms with Crippen molar-refractivity contribution < 1.29 is 65.5 Å². The Morgan fingerprint density at radius 1 is 1.13 bits per heavy atom. The Hall–Kier alpha value is -1.89. The molecule has 3 rings (SSSR count). The SMILES string of the molecule is CCSSC(C)c1ccccc1C(=O)OC1C[C@H](n2ccc(NC(C)=O)nc2=O)O[C@@H]1COP(=O)(O)OP(=O)(O)OP(=O)(O)O. The number of hydrogen-bond donors (Lipinski definition) is 5. The van der Waals surface area contributed by atoms with Gasteiger partial charge in [-0.1, -0.05) is 46.7 Å². The topological polar surface area (TPSA) is 259 Å². The highest BCUT2D eigenvalue weighted by molar-refractivity contribution is 8.76. The van der Waals surface area contributed by atoms with Gasteiger partial charge in [0.25, 0.3) is 0 Å². The van der Waals surface area contributed by atoms with Crippen molar-refractivity contribution in [2.45, 2.75) is 50.9 Å². The van der Waals surface area contributed by atoms with Crippen LogP contribution in [0, 0.1) is 0 Å². The molecular formula is C22H30N3O15P3S2. The minimum atomic E-state index is -5.79. The number of phosphoric acid groups is 3. The number of esters is 1. The van der Waals surface area contributed by atoms with Gasteiger partial charge in [0.2, 0.25) is 5.91 Å². The van der Waals surface area contributed by atoms with Gasteiger partial charge in [0.05, 0.1) is 12.2 Å². The van der Waals surface area contributed by atoms with Gasteiger partial charge in [-0.25, -0.2) is 23.3 Å². The smallest absolute Gasteiger partial charge is 0.456 e. The van der Waals surface area contributed by atoms with E-state index in [9.17, 15) is 37.9 Å². The Balaban J connectivity index is 1.85. The minimum absolute atomic E-state index is 0.0428. The van der Waals surface area contributed by atoms with Gasteiger partial charge in [-0.3, -0.25) is 13.9 Å². The maximum absolute atomic E-state index is 13.4. The second-order valence-electron chi connectivity index (χ2n) is 9.11. The lowest BCUT2D eigenvalue weighted by atomic mass is 10.0. The molecular weight excluding hydrogens is 703 g/mol. The zero-order valence-corrected chi connectivity index (χ0v) is 28.0. The molecule has 1 aromatic carbocycles. The number of anilines is 1. The summed E-state index contributed by atoms with van der Waals surface area (Å²) < 4.78 is 59.6. The molecule has 1 aromatic heterocycles. The Kier molecular flexibility index (Phi) is 13.2. The number of amides is 1. The average Bonchev–Trinajstić information content (AvgIpc) is 3.30. The molecule has 5 N–H and O–H groups in total. The van der Waals surface area contributed by atoms with Crippen LogP contribution >= 0.6 is 45.1 Å². The van der Waals surface area contributed by atoms with Crippen molar-refractivity contribution in [3.63, 3.8) is 0 Å². The van der Waals surface area contributed by atoms with Crippen molar-refractivity contribution in [3.8, 4) is 0 Å². The first-order valence-corrected chi connectivity index (χ1v) is 19.7. The summed E-state index contributed by atoms with van der Waals surface area (Å²) in [5, 5.41) is 2.24. The highest BCUT2D eigenvalue weighted by atomic mass is 33.1. The fourth-order valence-electron chi connectivity index (χ4n) is 3.96. The first kappa shape index (κ1) is 37.6. The first-order chi connectivity index (χ1) is 20.9. The van der Waals surface area contributed by atoms with Crippen LogP contribution < -0.4 is 11.0 Å². The van der Waals surface area contributed by atoms with Crippen molar-refractivity contribution in [3.05, 3.63) is 58.1 Å². The monoisotopic (exact) mass is 733 g/mol. The Labute approximate surface area is 264 Å². The average molecular weight is 734 g/mol. The van der Waals surface area contributed by atoms with Crippen molar-refractivity contribution in [2.75, 3.05) is 17.7 Å². The third kappa shape index (κ3) is 11.7. The maximum atomic E-state index is 13.4.